The number of sulfone groups is 1. The second-order valence-electron chi connectivity index (χ2n) is 5.73. The molecule has 27 heavy (non-hydrogen) atoms. The highest BCUT2D eigenvalue weighted by Gasteiger charge is 2.20. The first-order valence-corrected chi connectivity index (χ1v) is 11.2. The Hall–Kier alpha value is -2.32. The van der Waals surface area contributed by atoms with Gasteiger partial charge in [0.05, 0.1) is 11.5 Å². The van der Waals surface area contributed by atoms with Crippen molar-refractivity contribution in [3.8, 4) is 5.75 Å². The van der Waals surface area contributed by atoms with Gasteiger partial charge in [0.25, 0.3) is 0 Å². The van der Waals surface area contributed by atoms with Crippen molar-refractivity contribution in [2.75, 3.05) is 12.4 Å². The second kappa shape index (κ2) is 9.05. The van der Waals surface area contributed by atoms with Crippen molar-refractivity contribution >= 4 is 21.6 Å². The quantitative estimate of drug-likeness (QED) is 0.402. The third kappa shape index (κ3) is 5.11. The first kappa shape index (κ1) is 19.4. The molecular formula is C19H21N3O3S2. The molecule has 2 aromatic carbocycles. The molecule has 0 spiro atoms. The van der Waals surface area contributed by atoms with Crippen LogP contribution >= 0.6 is 11.8 Å². The van der Waals surface area contributed by atoms with Gasteiger partial charge in [0, 0.05) is 12.3 Å². The molecule has 0 N–H and O–H groups in total. The van der Waals surface area contributed by atoms with Crippen molar-refractivity contribution in [1.29, 1.82) is 0 Å². The van der Waals surface area contributed by atoms with Crippen molar-refractivity contribution in [1.82, 2.24) is 14.8 Å². The number of aromatic nitrogens is 3. The van der Waals surface area contributed by atoms with E-state index in [1.807, 2.05) is 41.8 Å². The molecule has 0 bridgehead atoms. The van der Waals surface area contributed by atoms with Gasteiger partial charge in [0.2, 0.25) is 0 Å². The molecule has 0 saturated heterocycles. The maximum absolute atomic E-state index is 12.6. The molecule has 0 aliphatic rings. The first-order chi connectivity index (χ1) is 13.1. The highest BCUT2D eigenvalue weighted by molar-refractivity contribution is 7.99. The van der Waals surface area contributed by atoms with Crippen LogP contribution in [0.2, 0.25) is 0 Å². The Morgan fingerprint density at radius 1 is 1.00 bits per heavy atom. The van der Waals surface area contributed by atoms with E-state index in [4.69, 9.17) is 4.74 Å². The van der Waals surface area contributed by atoms with Gasteiger partial charge in [-0.25, -0.2) is 8.42 Å². The maximum Gasteiger partial charge on any atom is 0.191 e. The van der Waals surface area contributed by atoms with Crippen molar-refractivity contribution < 1.29 is 13.2 Å². The normalized spacial score (nSPS) is 11.4. The SMILES string of the molecule is CCn1c(CS(=O)(=O)c2ccccc2)nnc1SCCOc1ccccc1. The lowest BCUT2D eigenvalue weighted by atomic mass is 10.3. The Bertz CT molecular complexity index is 958. The first-order valence-electron chi connectivity index (χ1n) is 8.60. The van der Waals surface area contributed by atoms with Crippen LogP contribution in [-0.4, -0.2) is 35.5 Å². The highest BCUT2D eigenvalue weighted by atomic mass is 32.2. The van der Waals surface area contributed by atoms with Gasteiger partial charge < -0.3 is 9.30 Å². The number of hydrogen-bond acceptors (Lipinski definition) is 6. The topological polar surface area (TPSA) is 74.1 Å². The van der Waals surface area contributed by atoms with Crippen molar-refractivity contribution in [3.05, 3.63) is 66.5 Å². The standard InChI is InChI=1S/C19H21N3O3S2/c1-2-22-18(15-27(23,24)17-11-7-4-8-12-17)20-21-19(22)26-14-13-25-16-9-5-3-6-10-16/h3-12H,2,13-15H2,1H3. The fourth-order valence-corrected chi connectivity index (χ4v) is 4.67. The van der Waals surface area contributed by atoms with Crippen LogP contribution in [0.15, 0.2) is 70.7 Å². The fraction of sp³-hybridized carbons (Fsp3) is 0.263. The lowest BCUT2D eigenvalue weighted by molar-refractivity contribution is 0.344. The van der Waals surface area contributed by atoms with Gasteiger partial charge in [0.1, 0.15) is 17.3 Å². The summed E-state index contributed by atoms with van der Waals surface area (Å²) in [5.74, 6) is 1.80. The summed E-state index contributed by atoms with van der Waals surface area (Å²) in [6.07, 6.45) is 0. The smallest absolute Gasteiger partial charge is 0.191 e. The summed E-state index contributed by atoms with van der Waals surface area (Å²) in [6, 6.07) is 18.0. The van der Waals surface area contributed by atoms with Crippen LogP contribution in [0.25, 0.3) is 0 Å². The number of benzene rings is 2. The molecule has 0 aliphatic heterocycles. The van der Waals surface area contributed by atoms with Crippen LogP contribution in [0.1, 0.15) is 12.7 Å². The summed E-state index contributed by atoms with van der Waals surface area (Å²) in [4.78, 5) is 0.293. The van der Waals surface area contributed by atoms with E-state index in [1.54, 1.807) is 30.3 Å². The van der Waals surface area contributed by atoms with E-state index in [9.17, 15) is 8.42 Å². The summed E-state index contributed by atoms with van der Waals surface area (Å²) in [6.45, 7) is 3.09. The third-order valence-corrected chi connectivity index (χ3v) is 6.42. The van der Waals surface area contributed by atoms with E-state index in [-0.39, 0.29) is 5.75 Å². The number of para-hydroxylation sites is 1. The van der Waals surface area contributed by atoms with Crippen LogP contribution in [-0.2, 0) is 22.1 Å². The minimum absolute atomic E-state index is 0.168. The molecule has 6 nitrogen and oxygen atoms in total. The summed E-state index contributed by atoms with van der Waals surface area (Å²) >= 11 is 1.50. The van der Waals surface area contributed by atoms with E-state index in [0.29, 0.717) is 34.8 Å². The number of ether oxygens (including phenoxy) is 1. The minimum atomic E-state index is -3.45. The number of rotatable bonds is 9. The van der Waals surface area contributed by atoms with Gasteiger partial charge in [-0.3, -0.25) is 0 Å². The van der Waals surface area contributed by atoms with Crippen LogP contribution in [0, 0.1) is 0 Å². The molecule has 0 fully saturated rings. The van der Waals surface area contributed by atoms with Crippen molar-refractivity contribution in [3.63, 3.8) is 0 Å². The fourth-order valence-electron chi connectivity index (χ4n) is 2.54. The molecule has 1 heterocycles. The van der Waals surface area contributed by atoms with Crippen LogP contribution < -0.4 is 4.74 Å². The van der Waals surface area contributed by atoms with Gasteiger partial charge in [-0.05, 0) is 31.2 Å². The van der Waals surface area contributed by atoms with E-state index in [2.05, 4.69) is 10.2 Å². The number of thioether (sulfide) groups is 1. The van der Waals surface area contributed by atoms with Crippen molar-refractivity contribution in [2.24, 2.45) is 0 Å². The van der Waals surface area contributed by atoms with Crippen molar-refractivity contribution in [2.45, 2.75) is 29.3 Å². The summed E-state index contributed by atoms with van der Waals surface area (Å²) in [5.41, 5.74) is 0. The lowest BCUT2D eigenvalue weighted by Gasteiger charge is -2.09. The largest absolute Gasteiger partial charge is 0.493 e. The second-order valence-corrected chi connectivity index (χ2v) is 8.78. The van der Waals surface area contributed by atoms with E-state index in [0.717, 1.165) is 5.75 Å². The maximum atomic E-state index is 12.6. The third-order valence-electron chi connectivity index (χ3n) is 3.86. The Labute approximate surface area is 163 Å². The van der Waals surface area contributed by atoms with Gasteiger partial charge in [-0.15, -0.1) is 10.2 Å². The van der Waals surface area contributed by atoms with E-state index >= 15 is 0 Å². The van der Waals surface area contributed by atoms with Gasteiger partial charge in [0.15, 0.2) is 15.0 Å². The molecule has 142 valence electrons. The number of hydrogen-bond donors (Lipinski definition) is 0. The molecule has 3 rings (SSSR count). The molecule has 0 amide bonds. The predicted octanol–water partition coefficient (Wildman–Crippen LogP) is 3.44. The van der Waals surface area contributed by atoms with Crippen LogP contribution in [0.3, 0.4) is 0 Å². The zero-order chi connectivity index (χ0) is 19.1. The molecule has 0 radical (unpaired) electrons. The van der Waals surface area contributed by atoms with Gasteiger partial charge in [-0.2, -0.15) is 0 Å². The average molecular weight is 404 g/mol. The highest BCUT2D eigenvalue weighted by Crippen LogP contribution is 2.21. The van der Waals surface area contributed by atoms with Crippen LogP contribution in [0.5, 0.6) is 5.75 Å². The van der Waals surface area contributed by atoms with Crippen LogP contribution in [0.4, 0.5) is 0 Å². The monoisotopic (exact) mass is 403 g/mol. The molecule has 3 aromatic rings. The zero-order valence-corrected chi connectivity index (χ0v) is 16.6. The summed E-state index contributed by atoms with van der Waals surface area (Å²) < 4.78 is 32.7. The van der Waals surface area contributed by atoms with Gasteiger partial charge >= 0.3 is 0 Å². The predicted molar refractivity (Wildman–Crippen MR) is 106 cm³/mol. The molecule has 0 atom stereocenters. The van der Waals surface area contributed by atoms with Gasteiger partial charge in [-0.1, -0.05) is 48.2 Å². The summed E-state index contributed by atoms with van der Waals surface area (Å²) in [7, 11) is -3.45. The van der Waals surface area contributed by atoms with E-state index < -0.39 is 9.84 Å². The average Bonchev–Trinajstić information content (AvgIpc) is 3.07. The molecule has 8 heteroatoms. The Morgan fingerprint density at radius 2 is 1.67 bits per heavy atom. The zero-order valence-electron chi connectivity index (χ0n) is 15.0. The Morgan fingerprint density at radius 3 is 2.33 bits per heavy atom. The molecule has 1 aromatic heterocycles. The number of nitrogens with zero attached hydrogens (tertiary/aromatic N) is 3. The minimum Gasteiger partial charge on any atom is -0.493 e. The molecule has 0 aliphatic carbocycles. The molecular weight excluding hydrogens is 382 g/mol. The molecule has 0 unspecified atom stereocenters. The van der Waals surface area contributed by atoms with E-state index in [1.165, 1.54) is 11.8 Å². The molecule has 0 saturated carbocycles. The Kier molecular flexibility index (Phi) is 6.52. The Balaban J connectivity index is 1.63. The lowest BCUT2D eigenvalue weighted by Crippen LogP contribution is -2.11. The summed E-state index contributed by atoms with van der Waals surface area (Å²) in [5, 5.41) is 8.97.